The third kappa shape index (κ3) is 4.16. The third-order valence-corrected chi connectivity index (χ3v) is 7.24. The van der Waals surface area contributed by atoms with Crippen molar-refractivity contribution in [1.29, 1.82) is 0 Å². The Morgan fingerprint density at radius 1 is 1.03 bits per heavy atom. The van der Waals surface area contributed by atoms with E-state index in [1.165, 1.54) is 16.9 Å². The Kier molecular flexibility index (Phi) is 5.47. The first-order valence-electron chi connectivity index (χ1n) is 11.2. The molecule has 0 N–H and O–H groups in total. The van der Waals surface area contributed by atoms with Gasteiger partial charge in [0.25, 0.3) is 0 Å². The van der Waals surface area contributed by atoms with Crippen molar-refractivity contribution in [3.63, 3.8) is 0 Å². The van der Waals surface area contributed by atoms with Crippen molar-refractivity contribution >= 4 is 44.8 Å². The van der Waals surface area contributed by atoms with Crippen LogP contribution in [0.3, 0.4) is 0 Å². The van der Waals surface area contributed by atoms with Crippen molar-refractivity contribution in [3.05, 3.63) is 116 Å². The van der Waals surface area contributed by atoms with Gasteiger partial charge in [0.05, 0.1) is 23.0 Å². The highest BCUT2D eigenvalue weighted by molar-refractivity contribution is 7.14. The molecule has 3 heterocycles. The molecule has 2 aromatic heterocycles. The monoisotopic (exact) mass is 497 g/mol. The quantitative estimate of drug-likeness (QED) is 0.246. The maximum Gasteiger partial charge on any atom is 0.345 e. The number of rotatable bonds is 4. The molecule has 0 aliphatic carbocycles. The van der Waals surface area contributed by atoms with Crippen LogP contribution in [0, 0.1) is 6.92 Å². The number of anilines is 1. The van der Waals surface area contributed by atoms with E-state index in [-0.39, 0.29) is 6.04 Å². The SMILES string of the molecule is Cc1ccc(C2=NN(c3nc(-c4cc5ccccc5oc4=O)cs3)C(c3ccc(Cl)cc3)C2)cc1. The van der Waals surface area contributed by atoms with Gasteiger partial charge in [-0.25, -0.2) is 14.8 Å². The molecular formula is C28H20ClN3O2S. The van der Waals surface area contributed by atoms with Crippen LogP contribution in [0.15, 0.2) is 98.6 Å². The highest BCUT2D eigenvalue weighted by Gasteiger charge is 2.32. The average Bonchev–Trinajstić information content (AvgIpc) is 3.52. The smallest absolute Gasteiger partial charge is 0.345 e. The Labute approximate surface area is 210 Å². The summed E-state index contributed by atoms with van der Waals surface area (Å²) in [5.41, 5.74) is 5.57. The van der Waals surface area contributed by atoms with Gasteiger partial charge in [0.1, 0.15) is 5.58 Å². The molecule has 35 heavy (non-hydrogen) atoms. The summed E-state index contributed by atoms with van der Waals surface area (Å²) >= 11 is 7.61. The van der Waals surface area contributed by atoms with Crippen molar-refractivity contribution in [2.24, 2.45) is 5.10 Å². The number of nitrogens with zero attached hydrogens (tertiary/aromatic N) is 3. The highest BCUT2D eigenvalue weighted by Crippen LogP contribution is 2.39. The topological polar surface area (TPSA) is 58.7 Å². The molecular weight excluding hydrogens is 478 g/mol. The zero-order valence-corrected chi connectivity index (χ0v) is 20.4. The molecule has 0 saturated carbocycles. The van der Waals surface area contributed by atoms with Gasteiger partial charge in [0, 0.05) is 22.2 Å². The van der Waals surface area contributed by atoms with E-state index in [0.29, 0.717) is 21.9 Å². The summed E-state index contributed by atoms with van der Waals surface area (Å²) in [6, 6.07) is 25.5. The predicted octanol–water partition coefficient (Wildman–Crippen LogP) is 7.23. The molecule has 1 aliphatic rings. The lowest BCUT2D eigenvalue weighted by molar-refractivity contribution is 0.563. The van der Waals surface area contributed by atoms with E-state index in [4.69, 9.17) is 26.1 Å². The summed E-state index contributed by atoms with van der Waals surface area (Å²) in [5, 5.41) is 11.1. The lowest BCUT2D eigenvalue weighted by Crippen LogP contribution is -2.18. The van der Waals surface area contributed by atoms with Crippen LogP contribution in [-0.4, -0.2) is 10.7 Å². The van der Waals surface area contributed by atoms with E-state index in [1.807, 2.05) is 58.9 Å². The summed E-state index contributed by atoms with van der Waals surface area (Å²) in [5.74, 6) is 0. The van der Waals surface area contributed by atoms with Gasteiger partial charge < -0.3 is 4.42 Å². The number of para-hydroxylation sites is 1. The first-order valence-corrected chi connectivity index (χ1v) is 12.5. The number of aromatic nitrogens is 1. The van der Waals surface area contributed by atoms with E-state index >= 15 is 0 Å². The second-order valence-corrected chi connectivity index (χ2v) is 9.80. The molecule has 5 nitrogen and oxygen atoms in total. The number of aryl methyl sites for hydroxylation is 1. The normalized spacial score (nSPS) is 15.5. The maximum atomic E-state index is 12.7. The van der Waals surface area contributed by atoms with Crippen LogP contribution >= 0.6 is 22.9 Å². The van der Waals surface area contributed by atoms with Gasteiger partial charge in [-0.3, -0.25) is 0 Å². The molecule has 0 spiro atoms. The first-order chi connectivity index (χ1) is 17.0. The Morgan fingerprint density at radius 3 is 2.60 bits per heavy atom. The Balaban J connectivity index is 1.41. The summed E-state index contributed by atoms with van der Waals surface area (Å²) in [7, 11) is 0. The van der Waals surface area contributed by atoms with Crippen LogP contribution in [0.5, 0.6) is 0 Å². The number of thiazole rings is 1. The minimum atomic E-state index is -0.403. The van der Waals surface area contributed by atoms with Gasteiger partial charge in [-0.15, -0.1) is 11.3 Å². The molecule has 1 unspecified atom stereocenters. The van der Waals surface area contributed by atoms with Crippen molar-refractivity contribution in [3.8, 4) is 11.3 Å². The number of hydrogen-bond donors (Lipinski definition) is 0. The molecule has 0 saturated heterocycles. The van der Waals surface area contributed by atoms with Crippen LogP contribution < -0.4 is 10.6 Å². The van der Waals surface area contributed by atoms with E-state index in [2.05, 4.69) is 31.2 Å². The molecule has 3 aromatic carbocycles. The second-order valence-electron chi connectivity index (χ2n) is 8.53. The molecule has 0 fully saturated rings. The lowest BCUT2D eigenvalue weighted by Gasteiger charge is -2.21. The fourth-order valence-corrected chi connectivity index (χ4v) is 5.24. The van der Waals surface area contributed by atoms with Crippen LogP contribution in [0.2, 0.25) is 5.02 Å². The first kappa shape index (κ1) is 21.8. The standard InChI is InChI=1S/C28H20ClN3O2S/c1-17-6-8-18(9-7-17)23-15-25(19-10-12-21(29)13-11-19)32(31-23)28-30-24(16-35-28)22-14-20-4-2-3-5-26(20)34-27(22)33/h2-14,16,25H,15H2,1H3. The van der Waals surface area contributed by atoms with Gasteiger partial charge in [-0.1, -0.05) is 71.8 Å². The Morgan fingerprint density at radius 2 is 1.80 bits per heavy atom. The number of halogens is 1. The summed E-state index contributed by atoms with van der Waals surface area (Å²) in [4.78, 5) is 17.5. The molecule has 0 radical (unpaired) electrons. The van der Waals surface area contributed by atoms with Crippen molar-refractivity contribution in [1.82, 2.24) is 4.98 Å². The van der Waals surface area contributed by atoms with Crippen LogP contribution in [0.25, 0.3) is 22.2 Å². The van der Waals surface area contributed by atoms with Crippen molar-refractivity contribution in [2.75, 3.05) is 5.01 Å². The van der Waals surface area contributed by atoms with Crippen molar-refractivity contribution < 1.29 is 4.42 Å². The lowest BCUT2D eigenvalue weighted by atomic mass is 9.98. The molecule has 7 heteroatoms. The zero-order valence-electron chi connectivity index (χ0n) is 18.8. The second kappa shape index (κ2) is 8.80. The zero-order chi connectivity index (χ0) is 23.9. The van der Waals surface area contributed by atoms with Gasteiger partial charge in [-0.05, 0) is 42.3 Å². The number of hydrogen-bond acceptors (Lipinski definition) is 6. The molecule has 6 rings (SSSR count). The fourth-order valence-electron chi connectivity index (χ4n) is 4.29. The van der Waals surface area contributed by atoms with Crippen LogP contribution in [0.1, 0.15) is 29.2 Å². The number of fused-ring (bicyclic) bond motifs is 1. The van der Waals surface area contributed by atoms with Crippen LogP contribution in [0.4, 0.5) is 5.13 Å². The number of hydrazone groups is 1. The molecule has 1 atom stereocenters. The van der Waals surface area contributed by atoms with Crippen molar-refractivity contribution in [2.45, 2.75) is 19.4 Å². The fraction of sp³-hybridized carbons (Fsp3) is 0.107. The summed E-state index contributed by atoms with van der Waals surface area (Å²) in [6.07, 6.45) is 0.734. The molecule has 1 aliphatic heterocycles. The Bertz CT molecular complexity index is 1620. The van der Waals surface area contributed by atoms with Crippen LogP contribution in [-0.2, 0) is 0 Å². The predicted molar refractivity (Wildman–Crippen MR) is 143 cm³/mol. The maximum absolute atomic E-state index is 12.7. The Hall–Kier alpha value is -3.74. The van der Waals surface area contributed by atoms with Gasteiger partial charge in [-0.2, -0.15) is 5.10 Å². The van der Waals surface area contributed by atoms with E-state index in [1.54, 1.807) is 6.07 Å². The van der Waals surface area contributed by atoms with Gasteiger partial charge in [0.2, 0.25) is 5.13 Å². The minimum absolute atomic E-state index is 0.0319. The molecule has 172 valence electrons. The van der Waals surface area contributed by atoms with E-state index in [9.17, 15) is 4.79 Å². The molecule has 0 amide bonds. The summed E-state index contributed by atoms with van der Waals surface area (Å²) in [6.45, 7) is 2.07. The van der Waals surface area contributed by atoms with Gasteiger partial charge in [0.15, 0.2) is 0 Å². The average molecular weight is 498 g/mol. The number of benzene rings is 3. The minimum Gasteiger partial charge on any atom is -0.422 e. The highest BCUT2D eigenvalue weighted by atomic mass is 35.5. The largest absolute Gasteiger partial charge is 0.422 e. The molecule has 5 aromatic rings. The van der Waals surface area contributed by atoms with E-state index < -0.39 is 5.63 Å². The van der Waals surface area contributed by atoms with Gasteiger partial charge >= 0.3 is 5.63 Å². The third-order valence-electron chi connectivity index (χ3n) is 6.16. The molecule has 0 bridgehead atoms. The summed E-state index contributed by atoms with van der Waals surface area (Å²) < 4.78 is 5.52. The van der Waals surface area contributed by atoms with E-state index in [0.717, 1.165) is 33.8 Å².